The van der Waals surface area contributed by atoms with Crippen LogP contribution in [0.5, 0.6) is 5.88 Å². The van der Waals surface area contributed by atoms with E-state index in [1.54, 1.807) is 14.2 Å². The van der Waals surface area contributed by atoms with Gasteiger partial charge in [-0.2, -0.15) is 0 Å². The van der Waals surface area contributed by atoms with Gasteiger partial charge in [0, 0.05) is 30.6 Å². The normalized spacial score (nSPS) is 11.4. The molecule has 0 fully saturated rings. The topological polar surface area (TPSA) is 80.0 Å². The molecule has 0 aliphatic heterocycles. The number of rotatable bonds is 7. The number of nitrogens with zero attached hydrogens (tertiary/aromatic N) is 1. The van der Waals surface area contributed by atoms with Crippen molar-refractivity contribution in [1.29, 1.82) is 0 Å². The zero-order valence-electron chi connectivity index (χ0n) is 15.7. The van der Waals surface area contributed by atoms with E-state index in [1.807, 2.05) is 18.3 Å². The molecule has 6 heteroatoms. The van der Waals surface area contributed by atoms with Crippen LogP contribution in [0.2, 0.25) is 0 Å². The summed E-state index contributed by atoms with van der Waals surface area (Å²) in [6.45, 7) is 4.68. The highest BCUT2D eigenvalue weighted by Crippen LogP contribution is 2.24. The molecule has 6 nitrogen and oxygen atoms in total. The van der Waals surface area contributed by atoms with Gasteiger partial charge in [0.2, 0.25) is 5.88 Å². The van der Waals surface area contributed by atoms with Crippen molar-refractivity contribution in [2.45, 2.75) is 33.3 Å². The van der Waals surface area contributed by atoms with Gasteiger partial charge >= 0.3 is 0 Å². The van der Waals surface area contributed by atoms with E-state index in [2.05, 4.69) is 34.9 Å². The number of H-pyrrole nitrogens is 2. The van der Waals surface area contributed by atoms with E-state index in [0.717, 1.165) is 22.0 Å². The van der Waals surface area contributed by atoms with E-state index in [0.29, 0.717) is 42.6 Å². The van der Waals surface area contributed by atoms with Crippen molar-refractivity contribution in [2.24, 2.45) is 5.92 Å². The van der Waals surface area contributed by atoms with Gasteiger partial charge in [-0.3, -0.25) is 4.79 Å². The molecule has 3 rings (SSSR count). The smallest absolute Gasteiger partial charge is 0.270 e. The zero-order valence-corrected chi connectivity index (χ0v) is 15.7. The summed E-state index contributed by atoms with van der Waals surface area (Å²) in [5.41, 5.74) is 4.28. The molecule has 2 heterocycles. The summed E-state index contributed by atoms with van der Waals surface area (Å²) in [5, 5.41) is 1.11. The second kappa shape index (κ2) is 7.74. The van der Waals surface area contributed by atoms with Crippen LogP contribution in [0.25, 0.3) is 10.9 Å². The SMILES string of the molecule is COCc1ccc2[nH]cc(Cc3[nH]c(=O)c(CC(C)C)nc3OC)c2c1. The molecule has 0 aliphatic rings. The lowest BCUT2D eigenvalue weighted by Crippen LogP contribution is -2.20. The highest BCUT2D eigenvalue weighted by molar-refractivity contribution is 5.84. The van der Waals surface area contributed by atoms with Crippen LogP contribution >= 0.6 is 0 Å². The summed E-state index contributed by atoms with van der Waals surface area (Å²) in [4.78, 5) is 23.1. The number of hydrogen-bond donors (Lipinski definition) is 2. The Morgan fingerprint density at radius 1 is 1.23 bits per heavy atom. The quantitative estimate of drug-likeness (QED) is 0.682. The lowest BCUT2D eigenvalue weighted by Gasteiger charge is -2.10. The lowest BCUT2D eigenvalue weighted by atomic mass is 10.1. The van der Waals surface area contributed by atoms with E-state index < -0.39 is 0 Å². The molecular weight excluding hydrogens is 330 g/mol. The Labute approximate surface area is 152 Å². The molecule has 1 aromatic carbocycles. The lowest BCUT2D eigenvalue weighted by molar-refractivity contribution is 0.185. The third-order valence-corrected chi connectivity index (χ3v) is 4.33. The van der Waals surface area contributed by atoms with Crippen molar-refractivity contribution >= 4 is 10.9 Å². The molecule has 0 atom stereocenters. The number of aromatic nitrogens is 3. The fourth-order valence-corrected chi connectivity index (χ4v) is 3.14. The molecule has 0 bridgehead atoms. The third kappa shape index (κ3) is 3.80. The molecule has 0 saturated heterocycles. The molecule has 0 saturated carbocycles. The minimum Gasteiger partial charge on any atom is -0.480 e. The number of methoxy groups -OCH3 is 2. The van der Waals surface area contributed by atoms with Gasteiger partial charge in [0.1, 0.15) is 5.69 Å². The Morgan fingerprint density at radius 2 is 2.04 bits per heavy atom. The van der Waals surface area contributed by atoms with E-state index in [1.165, 1.54) is 0 Å². The van der Waals surface area contributed by atoms with E-state index in [4.69, 9.17) is 9.47 Å². The summed E-state index contributed by atoms with van der Waals surface area (Å²) in [5.74, 6) is 0.828. The number of benzene rings is 1. The summed E-state index contributed by atoms with van der Waals surface area (Å²) in [6.07, 6.45) is 3.12. The maximum atomic E-state index is 12.4. The van der Waals surface area contributed by atoms with Crippen LogP contribution in [-0.4, -0.2) is 29.2 Å². The average molecular weight is 355 g/mol. The van der Waals surface area contributed by atoms with Gasteiger partial charge < -0.3 is 19.4 Å². The highest BCUT2D eigenvalue weighted by atomic mass is 16.5. The molecule has 26 heavy (non-hydrogen) atoms. The van der Waals surface area contributed by atoms with Crippen molar-refractivity contribution in [1.82, 2.24) is 15.0 Å². The zero-order chi connectivity index (χ0) is 18.7. The van der Waals surface area contributed by atoms with E-state index >= 15 is 0 Å². The Morgan fingerprint density at radius 3 is 2.73 bits per heavy atom. The van der Waals surface area contributed by atoms with E-state index in [-0.39, 0.29) is 5.56 Å². The Hall–Kier alpha value is -2.60. The van der Waals surface area contributed by atoms with Crippen molar-refractivity contribution < 1.29 is 9.47 Å². The average Bonchev–Trinajstić information content (AvgIpc) is 2.99. The minimum absolute atomic E-state index is 0.144. The first kappa shape index (κ1) is 18.2. The number of aromatic amines is 2. The van der Waals surface area contributed by atoms with Crippen LogP contribution in [0.3, 0.4) is 0 Å². The predicted octanol–water partition coefficient (Wildman–Crippen LogP) is 3.20. The van der Waals surface area contributed by atoms with Crippen molar-refractivity contribution in [3.05, 3.63) is 57.3 Å². The van der Waals surface area contributed by atoms with Crippen molar-refractivity contribution in [2.75, 3.05) is 14.2 Å². The molecule has 0 unspecified atom stereocenters. The first-order valence-corrected chi connectivity index (χ1v) is 8.75. The molecule has 2 N–H and O–H groups in total. The molecule has 0 spiro atoms. The first-order chi connectivity index (χ1) is 12.5. The predicted molar refractivity (Wildman–Crippen MR) is 102 cm³/mol. The molecular formula is C20H25N3O3. The highest BCUT2D eigenvalue weighted by Gasteiger charge is 2.15. The van der Waals surface area contributed by atoms with Crippen LogP contribution in [0.4, 0.5) is 0 Å². The van der Waals surface area contributed by atoms with Crippen LogP contribution < -0.4 is 10.3 Å². The Balaban J connectivity index is 1.98. The molecule has 0 radical (unpaired) electrons. The van der Waals surface area contributed by atoms with Crippen molar-refractivity contribution in [3.8, 4) is 5.88 Å². The molecule has 138 valence electrons. The first-order valence-electron chi connectivity index (χ1n) is 8.75. The van der Waals surface area contributed by atoms with Gasteiger partial charge in [0.25, 0.3) is 5.56 Å². The van der Waals surface area contributed by atoms with Gasteiger partial charge in [0.05, 0.1) is 19.4 Å². The largest absolute Gasteiger partial charge is 0.480 e. The molecule has 0 aliphatic carbocycles. The number of nitrogens with one attached hydrogen (secondary N) is 2. The second-order valence-corrected chi connectivity index (χ2v) is 6.90. The van der Waals surface area contributed by atoms with E-state index in [9.17, 15) is 4.79 Å². The second-order valence-electron chi connectivity index (χ2n) is 6.90. The van der Waals surface area contributed by atoms with Crippen LogP contribution in [0, 0.1) is 5.92 Å². The Kier molecular flexibility index (Phi) is 5.42. The molecule has 2 aromatic heterocycles. The Bertz CT molecular complexity index is 957. The maximum absolute atomic E-state index is 12.4. The fourth-order valence-electron chi connectivity index (χ4n) is 3.14. The van der Waals surface area contributed by atoms with Gasteiger partial charge in [0.15, 0.2) is 0 Å². The molecule has 0 amide bonds. The monoisotopic (exact) mass is 355 g/mol. The van der Waals surface area contributed by atoms with Gasteiger partial charge in [-0.15, -0.1) is 0 Å². The number of fused-ring (bicyclic) bond motifs is 1. The van der Waals surface area contributed by atoms with Crippen LogP contribution in [0.15, 0.2) is 29.2 Å². The summed E-state index contributed by atoms with van der Waals surface area (Å²) < 4.78 is 10.7. The number of hydrogen-bond acceptors (Lipinski definition) is 4. The van der Waals surface area contributed by atoms with Gasteiger partial charge in [-0.25, -0.2) is 4.98 Å². The van der Waals surface area contributed by atoms with Crippen molar-refractivity contribution in [3.63, 3.8) is 0 Å². The summed E-state index contributed by atoms with van der Waals surface area (Å²) in [6, 6.07) is 6.18. The van der Waals surface area contributed by atoms with Gasteiger partial charge in [-0.05, 0) is 35.6 Å². The fraction of sp³-hybridized carbons (Fsp3) is 0.400. The maximum Gasteiger partial charge on any atom is 0.270 e. The van der Waals surface area contributed by atoms with Gasteiger partial charge in [-0.1, -0.05) is 19.9 Å². The van der Waals surface area contributed by atoms with Crippen LogP contribution in [-0.2, 0) is 24.2 Å². The third-order valence-electron chi connectivity index (χ3n) is 4.33. The molecule has 3 aromatic rings. The summed E-state index contributed by atoms with van der Waals surface area (Å²) >= 11 is 0. The number of ether oxygens (including phenoxy) is 2. The van der Waals surface area contributed by atoms with Crippen LogP contribution in [0.1, 0.15) is 36.4 Å². The summed E-state index contributed by atoms with van der Waals surface area (Å²) in [7, 11) is 3.26. The standard InChI is InChI=1S/C20H25N3O3/c1-12(2)7-17-19(24)22-18(20(23-17)26-4)9-14-10-21-16-6-5-13(11-25-3)8-15(14)16/h5-6,8,10,12,21H,7,9,11H2,1-4H3,(H,22,24). The minimum atomic E-state index is -0.144.